The number of rotatable bonds is 10. The molecule has 0 N–H and O–H groups in total. The Hall–Kier alpha value is -1.54. The summed E-state index contributed by atoms with van der Waals surface area (Å²) >= 11 is 0. The molecule has 3 rings (SSSR count). The van der Waals surface area contributed by atoms with E-state index in [1.54, 1.807) is 7.11 Å². The van der Waals surface area contributed by atoms with Crippen molar-refractivity contribution in [2.75, 3.05) is 39.9 Å². The molecule has 1 aliphatic heterocycles. The summed E-state index contributed by atoms with van der Waals surface area (Å²) in [5.41, 5.74) is 1.39. The Morgan fingerprint density at radius 2 is 1.86 bits per heavy atom. The highest BCUT2D eigenvalue weighted by Crippen LogP contribution is 2.26. The van der Waals surface area contributed by atoms with Crippen molar-refractivity contribution in [3.63, 3.8) is 0 Å². The maximum absolute atomic E-state index is 5.21. The molecule has 28 heavy (non-hydrogen) atoms. The highest BCUT2D eigenvalue weighted by Gasteiger charge is 2.28. The third-order valence-electron chi connectivity index (χ3n) is 5.29. The molecule has 0 saturated carbocycles. The second-order valence-electron chi connectivity index (χ2n) is 7.21. The molecule has 0 bridgehead atoms. The Morgan fingerprint density at radius 3 is 2.54 bits per heavy atom. The van der Waals surface area contributed by atoms with E-state index < -0.39 is 0 Å². The molecular weight excluding hydrogens is 376 g/mol. The van der Waals surface area contributed by atoms with Crippen molar-refractivity contribution < 1.29 is 4.74 Å². The van der Waals surface area contributed by atoms with Crippen molar-refractivity contribution in [1.29, 1.82) is 0 Å². The Labute approximate surface area is 174 Å². The van der Waals surface area contributed by atoms with Gasteiger partial charge in [0, 0.05) is 39.8 Å². The summed E-state index contributed by atoms with van der Waals surface area (Å²) in [7, 11) is 1.71. The van der Waals surface area contributed by atoms with Gasteiger partial charge in [-0.25, -0.2) is 4.68 Å². The third kappa shape index (κ3) is 6.24. The normalized spacial score (nSPS) is 16.6. The lowest BCUT2D eigenvalue weighted by atomic mass is 10.1. The van der Waals surface area contributed by atoms with E-state index in [9.17, 15) is 0 Å². The molecule has 8 heteroatoms. The van der Waals surface area contributed by atoms with Gasteiger partial charge < -0.3 is 4.74 Å². The first-order valence-electron chi connectivity index (χ1n) is 10.1. The summed E-state index contributed by atoms with van der Waals surface area (Å²) in [6, 6.07) is 11.0. The lowest BCUT2D eigenvalue weighted by Crippen LogP contribution is -2.47. The standard InChI is InChI=1S/C20H32N6O.ClH/c1-3-4-10-19(20-21-22-23-26(20)15-16-27-2)25-13-11-24(12-14-25)17-18-8-6-5-7-9-18;/h5-9,19H,3-4,10-17H2,1-2H3;1H. The van der Waals surface area contributed by atoms with Crippen molar-refractivity contribution in [3.8, 4) is 0 Å². The number of aromatic nitrogens is 4. The summed E-state index contributed by atoms with van der Waals surface area (Å²) in [6.07, 6.45) is 3.47. The van der Waals surface area contributed by atoms with E-state index in [0.717, 1.165) is 45.0 Å². The molecule has 7 nitrogen and oxygen atoms in total. The molecule has 1 atom stereocenters. The number of piperazine rings is 1. The molecule has 1 unspecified atom stereocenters. The van der Waals surface area contributed by atoms with Gasteiger partial charge in [-0.1, -0.05) is 50.1 Å². The zero-order valence-electron chi connectivity index (χ0n) is 17.0. The van der Waals surface area contributed by atoms with Crippen LogP contribution in [0.4, 0.5) is 0 Å². The van der Waals surface area contributed by atoms with Crippen molar-refractivity contribution in [2.24, 2.45) is 0 Å². The minimum absolute atomic E-state index is 0. The number of hydrogen-bond acceptors (Lipinski definition) is 6. The second-order valence-corrected chi connectivity index (χ2v) is 7.21. The zero-order valence-corrected chi connectivity index (χ0v) is 17.9. The summed E-state index contributed by atoms with van der Waals surface area (Å²) in [6.45, 7) is 8.87. The van der Waals surface area contributed by atoms with E-state index in [-0.39, 0.29) is 18.4 Å². The van der Waals surface area contributed by atoms with Gasteiger partial charge in [-0.05, 0) is 22.4 Å². The third-order valence-corrected chi connectivity index (χ3v) is 5.29. The molecule has 0 spiro atoms. The number of methoxy groups -OCH3 is 1. The highest BCUT2D eigenvalue weighted by molar-refractivity contribution is 5.85. The van der Waals surface area contributed by atoms with Crippen molar-refractivity contribution in [3.05, 3.63) is 41.7 Å². The summed E-state index contributed by atoms with van der Waals surface area (Å²) in [4.78, 5) is 5.10. The molecule has 1 fully saturated rings. The summed E-state index contributed by atoms with van der Waals surface area (Å²) < 4.78 is 7.13. The van der Waals surface area contributed by atoms with Gasteiger partial charge in [0.05, 0.1) is 19.2 Å². The van der Waals surface area contributed by atoms with Crippen LogP contribution in [0, 0.1) is 0 Å². The van der Waals surface area contributed by atoms with Crippen LogP contribution in [0.3, 0.4) is 0 Å². The molecule has 1 saturated heterocycles. The lowest BCUT2D eigenvalue weighted by Gasteiger charge is -2.38. The van der Waals surface area contributed by atoms with Crippen molar-refractivity contribution in [2.45, 2.75) is 45.3 Å². The van der Waals surface area contributed by atoms with E-state index in [0.29, 0.717) is 13.2 Å². The fourth-order valence-electron chi connectivity index (χ4n) is 3.73. The minimum atomic E-state index is 0. The summed E-state index contributed by atoms with van der Waals surface area (Å²) in [5.74, 6) is 0.983. The van der Waals surface area contributed by atoms with Gasteiger partial charge in [0.1, 0.15) is 0 Å². The van der Waals surface area contributed by atoms with Crippen LogP contribution in [-0.4, -0.2) is 69.9 Å². The molecule has 0 aliphatic carbocycles. The van der Waals surface area contributed by atoms with Crippen LogP contribution < -0.4 is 0 Å². The van der Waals surface area contributed by atoms with Gasteiger partial charge >= 0.3 is 0 Å². The van der Waals surface area contributed by atoms with Crippen LogP contribution >= 0.6 is 12.4 Å². The Morgan fingerprint density at radius 1 is 1.11 bits per heavy atom. The fourth-order valence-corrected chi connectivity index (χ4v) is 3.73. The van der Waals surface area contributed by atoms with Gasteiger partial charge in [0.2, 0.25) is 0 Å². The maximum atomic E-state index is 5.21. The van der Waals surface area contributed by atoms with Gasteiger partial charge in [-0.2, -0.15) is 0 Å². The number of halogens is 1. The van der Waals surface area contributed by atoms with Gasteiger partial charge in [0.15, 0.2) is 5.82 Å². The molecule has 0 radical (unpaired) electrons. The number of ether oxygens (including phenoxy) is 1. The van der Waals surface area contributed by atoms with Crippen LogP contribution in [-0.2, 0) is 17.8 Å². The molecule has 0 amide bonds. The Bertz CT molecular complexity index is 660. The van der Waals surface area contributed by atoms with Crippen molar-refractivity contribution in [1.82, 2.24) is 30.0 Å². The quantitative estimate of drug-likeness (QED) is 0.602. The van der Waals surface area contributed by atoms with E-state index in [2.05, 4.69) is 62.6 Å². The smallest absolute Gasteiger partial charge is 0.168 e. The predicted octanol–water partition coefficient (Wildman–Crippen LogP) is 2.79. The lowest BCUT2D eigenvalue weighted by molar-refractivity contribution is 0.0801. The van der Waals surface area contributed by atoms with E-state index >= 15 is 0 Å². The van der Waals surface area contributed by atoms with E-state index in [1.807, 2.05) is 4.68 Å². The SMILES string of the molecule is CCCCC(c1nnnn1CCOC)N1CCN(Cc2ccccc2)CC1.Cl. The second kappa shape index (κ2) is 12.1. The number of tetrazole rings is 1. The molecule has 2 heterocycles. The topological polar surface area (TPSA) is 59.3 Å². The van der Waals surface area contributed by atoms with Gasteiger partial charge in [-0.3, -0.25) is 9.80 Å². The number of nitrogens with zero attached hydrogens (tertiary/aromatic N) is 6. The van der Waals surface area contributed by atoms with Crippen LogP contribution in [0.5, 0.6) is 0 Å². The molecule has 1 aromatic heterocycles. The molecule has 2 aromatic rings. The van der Waals surface area contributed by atoms with Gasteiger partial charge in [0.25, 0.3) is 0 Å². The van der Waals surface area contributed by atoms with E-state index in [4.69, 9.17) is 4.74 Å². The molecule has 1 aromatic carbocycles. The molecular formula is C20H33ClN6O. The fraction of sp³-hybridized carbons (Fsp3) is 0.650. The van der Waals surface area contributed by atoms with Crippen LogP contribution in [0.2, 0.25) is 0 Å². The van der Waals surface area contributed by atoms with Crippen LogP contribution in [0.15, 0.2) is 30.3 Å². The summed E-state index contributed by atoms with van der Waals surface area (Å²) in [5, 5.41) is 12.5. The average molecular weight is 409 g/mol. The first-order valence-corrected chi connectivity index (χ1v) is 10.1. The number of benzene rings is 1. The first kappa shape index (κ1) is 22.7. The number of hydrogen-bond donors (Lipinski definition) is 0. The molecule has 156 valence electrons. The van der Waals surface area contributed by atoms with Crippen molar-refractivity contribution >= 4 is 12.4 Å². The van der Waals surface area contributed by atoms with Crippen LogP contribution in [0.25, 0.3) is 0 Å². The van der Waals surface area contributed by atoms with Crippen LogP contribution in [0.1, 0.15) is 43.6 Å². The zero-order chi connectivity index (χ0) is 18.9. The highest BCUT2D eigenvalue weighted by atomic mass is 35.5. The Kier molecular flexibility index (Phi) is 9.84. The Balaban J connectivity index is 0.00000280. The van der Waals surface area contributed by atoms with Gasteiger partial charge in [-0.15, -0.1) is 17.5 Å². The monoisotopic (exact) mass is 408 g/mol. The maximum Gasteiger partial charge on any atom is 0.168 e. The van der Waals surface area contributed by atoms with E-state index in [1.165, 1.54) is 18.4 Å². The number of unbranched alkanes of at least 4 members (excludes halogenated alkanes) is 1. The minimum Gasteiger partial charge on any atom is -0.383 e. The molecule has 1 aliphatic rings. The predicted molar refractivity (Wildman–Crippen MR) is 112 cm³/mol. The average Bonchev–Trinajstić information content (AvgIpc) is 3.17. The first-order chi connectivity index (χ1) is 13.3. The largest absolute Gasteiger partial charge is 0.383 e.